The molecule has 2 atom stereocenters. The van der Waals surface area contributed by atoms with Crippen molar-refractivity contribution in [1.82, 2.24) is 4.90 Å². The monoisotopic (exact) mass is 290 g/mol. The van der Waals surface area contributed by atoms with Crippen molar-refractivity contribution >= 4 is 11.6 Å². The van der Waals surface area contributed by atoms with E-state index in [4.69, 9.17) is 4.74 Å². The number of hydrogen-bond acceptors (Lipinski definition) is 3. The molecule has 4 nitrogen and oxygen atoms in total. The number of methoxy groups -OCH3 is 1. The van der Waals surface area contributed by atoms with Gasteiger partial charge in [-0.15, -0.1) is 0 Å². The quantitative estimate of drug-likeness (QED) is 0.906. The zero-order valence-corrected chi connectivity index (χ0v) is 13.3. The van der Waals surface area contributed by atoms with E-state index in [-0.39, 0.29) is 5.91 Å². The lowest BCUT2D eigenvalue weighted by Gasteiger charge is -2.30. The Labute approximate surface area is 127 Å². The van der Waals surface area contributed by atoms with Crippen LogP contribution in [0.2, 0.25) is 0 Å². The smallest absolute Gasteiger partial charge is 0.219 e. The Morgan fingerprint density at radius 3 is 2.86 bits per heavy atom. The first-order chi connectivity index (χ1) is 10.1. The van der Waals surface area contributed by atoms with Gasteiger partial charge in [0.25, 0.3) is 0 Å². The van der Waals surface area contributed by atoms with E-state index in [2.05, 4.69) is 17.4 Å². The van der Waals surface area contributed by atoms with Gasteiger partial charge in [0.2, 0.25) is 5.91 Å². The molecule has 1 aliphatic carbocycles. The third-order valence-electron chi connectivity index (χ3n) is 4.28. The van der Waals surface area contributed by atoms with Gasteiger partial charge < -0.3 is 15.0 Å². The van der Waals surface area contributed by atoms with Gasteiger partial charge in [0.15, 0.2) is 0 Å². The summed E-state index contributed by atoms with van der Waals surface area (Å²) in [5.41, 5.74) is 2.29. The molecule has 1 aromatic rings. The highest BCUT2D eigenvalue weighted by atomic mass is 16.5. The third kappa shape index (κ3) is 4.46. The summed E-state index contributed by atoms with van der Waals surface area (Å²) < 4.78 is 5.49. The molecule has 0 bridgehead atoms. The lowest BCUT2D eigenvalue weighted by atomic mass is 9.92. The van der Waals surface area contributed by atoms with E-state index in [0.717, 1.165) is 24.1 Å². The molecule has 1 aromatic carbocycles. The molecule has 1 saturated carbocycles. The Kier molecular flexibility index (Phi) is 5.62. The van der Waals surface area contributed by atoms with Crippen molar-refractivity contribution in [1.29, 1.82) is 0 Å². The van der Waals surface area contributed by atoms with Gasteiger partial charge in [0.1, 0.15) is 0 Å². The van der Waals surface area contributed by atoms with E-state index in [1.807, 2.05) is 19.2 Å². The van der Waals surface area contributed by atoms with Crippen molar-refractivity contribution < 1.29 is 9.53 Å². The van der Waals surface area contributed by atoms with Crippen molar-refractivity contribution in [3.8, 4) is 0 Å². The molecular weight excluding hydrogens is 264 g/mol. The number of carbonyl (C=O) groups excluding carboxylic acids is 1. The number of rotatable bonds is 5. The molecule has 0 spiro atoms. The van der Waals surface area contributed by atoms with E-state index in [0.29, 0.717) is 18.7 Å². The summed E-state index contributed by atoms with van der Waals surface area (Å²) >= 11 is 0. The van der Waals surface area contributed by atoms with Crippen LogP contribution in [0.3, 0.4) is 0 Å². The lowest BCUT2D eigenvalue weighted by molar-refractivity contribution is -0.128. The minimum atomic E-state index is 0.0851. The molecule has 0 heterocycles. The largest absolute Gasteiger partial charge is 0.382 e. The maximum absolute atomic E-state index is 11.4. The zero-order chi connectivity index (χ0) is 15.2. The van der Waals surface area contributed by atoms with Crippen LogP contribution in [0.15, 0.2) is 24.3 Å². The Morgan fingerprint density at radius 2 is 2.14 bits per heavy atom. The highest BCUT2D eigenvalue weighted by Crippen LogP contribution is 2.26. The number of anilines is 1. The molecular formula is C17H26N2O2. The molecule has 116 valence electrons. The van der Waals surface area contributed by atoms with E-state index in [1.165, 1.54) is 12.8 Å². The number of nitrogens with one attached hydrogen (secondary N) is 1. The Morgan fingerprint density at radius 1 is 1.38 bits per heavy atom. The predicted molar refractivity (Wildman–Crippen MR) is 85.3 cm³/mol. The molecule has 2 rings (SSSR count). The van der Waals surface area contributed by atoms with Crippen LogP contribution in [-0.2, 0) is 16.1 Å². The van der Waals surface area contributed by atoms with Gasteiger partial charge in [-0.05, 0) is 37.3 Å². The first-order valence-corrected chi connectivity index (χ1v) is 7.69. The van der Waals surface area contributed by atoms with E-state index in [9.17, 15) is 4.79 Å². The molecule has 2 unspecified atom stereocenters. The fourth-order valence-electron chi connectivity index (χ4n) is 2.88. The second-order valence-corrected chi connectivity index (χ2v) is 5.90. The van der Waals surface area contributed by atoms with Crippen LogP contribution in [0, 0.1) is 0 Å². The highest BCUT2D eigenvalue weighted by Gasteiger charge is 2.22. The van der Waals surface area contributed by atoms with Crippen LogP contribution in [-0.4, -0.2) is 37.1 Å². The number of hydrogen-bond donors (Lipinski definition) is 1. The van der Waals surface area contributed by atoms with Crippen LogP contribution in [0.5, 0.6) is 0 Å². The lowest BCUT2D eigenvalue weighted by Crippen LogP contribution is -2.31. The van der Waals surface area contributed by atoms with Crippen molar-refractivity contribution in [3.05, 3.63) is 29.8 Å². The summed E-state index contributed by atoms with van der Waals surface area (Å²) in [6.45, 7) is 2.24. The molecule has 0 aliphatic heterocycles. The predicted octanol–water partition coefficient (Wildman–Crippen LogP) is 3.03. The first kappa shape index (κ1) is 15.8. The third-order valence-corrected chi connectivity index (χ3v) is 4.28. The van der Waals surface area contributed by atoms with Gasteiger partial charge in [-0.25, -0.2) is 0 Å². The van der Waals surface area contributed by atoms with Crippen molar-refractivity contribution in [2.45, 2.75) is 51.3 Å². The van der Waals surface area contributed by atoms with Crippen LogP contribution in [0.1, 0.15) is 38.2 Å². The topological polar surface area (TPSA) is 41.6 Å². The Balaban J connectivity index is 2.04. The maximum Gasteiger partial charge on any atom is 0.219 e. The van der Waals surface area contributed by atoms with E-state index in [1.54, 1.807) is 18.9 Å². The molecule has 0 saturated heterocycles. The van der Waals surface area contributed by atoms with Gasteiger partial charge in [-0.1, -0.05) is 18.2 Å². The minimum absolute atomic E-state index is 0.0851. The van der Waals surface area contributed by atoms with Gasteiger partial charge in [-0.3, -0.25) is 4.79 Å². The molecule has 0 aromatic heterocycles. The zero-order valence-electron chi connectivity index (χ0n) is 13.3. The number of carbonyl (C=O) groups is 1. The number of amides is 1. The average Bonchev–Trinajstić information content (AvgIpc) is 2.49. The molecule has 4 heteroatoms. The summed E-state index contributed by atoms with van der Waals surface area (Å²) in [6.07, 6.45) is 4.95. The van der Waals surface area contributed by atoms with Gasteiger partial charge in [0, 0.05) is 39.4 Å². The minimum Gasteiger partial charge on any atom is -0.382 e. The van der Waals surface area contributed by atoms with Crippen LogP contribution < -0.4 is 5.32 Å². The number of nitrogens with zero attached hydrogens (tertiary/aromatic N) is 1. The van der Waals surface area contributed by atoms with Crippen molar-refractivity contribution in [2.24, 2.45) is 0 Å². The second kappa shape index (κ2) is 7.46. The van der Waals surface area contributed by atoms with Crippen molar-refractivity contribution in [3.63, 3.8) is 0 Å². The standard InChI is InChI=1S/C17H26N2O2/c1-13(20)19(2)12-14-7-4-5-10-17(14)18-15-8-6-9-16(11-15)21-3/h4-5,7,10,15-16,18H,6,8-9,11-12H2,1-3H3. The average molecular weight is 290 g/mol. The Bertz CT molecular complexity index is 476. The van der Waals surface area contributed by atoms with Crippen LogP contribution in [0.4, 0.5) is 5.69 Å². The SMILES string of the molecule is COC1CCCC(Nc2ccccc2CN(C)C(C)=O)C1. The molecule has 1 N–H and O–H groups in total. The van der Waals surface area contributed by atoms with E-state index < -0.39 is 0 Å². The summed E-state index contributed by atoms with van der Waals surface area (Å²) in [5.74, 6) is 0.0851. The fourth-order valence-corrected chi connectivity index (χ4v) is 2.88. The highest BCUT2D eigenvalue weighted by molar-refractivity contribution is 5.73. The number of benzene rings is 1. The first-order valence-electron chi connectivity index (χ1n) is 7.69. The summed E-state index contributed by atoms with van der Waals surface area (Å²) in [5, 5.41) is 3.64. The Hall–Kier alpha value is -1.55. The molecule has 21 heavy (non-hydrogen) atoms. The van der Waals surface area contributed by atoms with Gasteiger partial charge in [0.05, 0.1) is 6.10 Å². The molecule has 0 radical (unpaired) electrons. The molecule has 1 aliphatic rings. The maximum atomic E-state index is 11.4. The second-order valence-electron chi connectivity index (χ2n) is 5.90. The summed E-state index contributed by atoms with van der Waals surface area (Å²) in [7, 11) is 3.63. The number of para-hydroxylation sites is 1. The molecule has 1 fully saturated rings. The van der Waals surface area contributed by atoms with E-state index >= 15 is 0 Å². The summed E-state index contributed by atoms with van der Waals surface area (Å²) in [4.78, 5) is 13.2. The van der Waals surface area contributed by atoms with Crippen LogP contribution in [0.25, 0.3) is 0 Å². The van der Waals surface area contributed by atoms with Gasteiger partial charge in [-0.2, -0.15) is 0 Å². The summed E-state index contributed by atoms with van der Waals surface area (Å²) in [6, 6.07) is 8.69. The van der Waals surface area contributed by atoms with Crippen molar-refractivity contribution in [2.75, 3.05) is 19.5 Å². The number of ether oxygens (including phenoxy) is 1. The van der Waals surface area contributed by atoms with Crippen LogP contribution >= 0.6 is 0 Å². The fraction of sp³-hybridized carbons (Fsp3) is 0.588. The van der Waals surface area contributed by atoms with Gasteiger partial charge >= 0.3 is 0 Å². The normalized spacial score (nSPS) is 21.9. The molecule has 1 amide bonds.